The molecule has 1 saturated heterocycles. The zero-order valence-electron chi connectivity index (χ0n) is 15.9. The lowest BCUT2D eigenvalue weighted by Gasteiger charge is -2.22. The van der Waals surface area contributed by atoms with E-state index in [2.05, 4.69) is 20.5 Å². The minimum atomic E-state index is -3.48. The van der Waals surface area contributed by atoms with Gasteiger partial charge < -0.3 is 10.1 Å². The molecule has 0 aliphatic carbocycles. The van der Waals surface area contributed by atoms with Gasteiger partial charge in [0.2, 0.25) is 0 Å². The Labute approximate surface area is 172 Å². The highest BCUT2D eigenvalue weighted by Crippen LogP contribution is 2.32. The van der Waals surface area contributed by atoms with Crippen molar-refractivity contribution >= 4 is 43.1 Å². The van der Waals surface area contributed by atoms with Gasteiger partial charge in [-0.05, 0) is 55.3 Å². The molecule has 4 aromatic rings. The van der Waals surface area contributed by atoms with Crippen LogP contribution in [0.15, 0.2) is 53.6 Å². The summed E-state index contributed by atoms with van der Waals surface area (Å²) in [6.07, 6.45) is 2.61. The van der Waals surface area contributed by atoms with Gasteiger partial charge in [0, 0.05) is 30.2 Å². The van der Waals surface area contributed by atoms with Gasteiger partial charge in [-0.15, -0.1) is 0 Å². The molecule has 1 fully saturated rings. The Morgan fingerprint density at radius 3 is 2.73 bits per heavy atom. The number of anilines is 2. The zero-order chi connectivity index (χ0) is 20.7. The third-order valence-corrected chi connectivity index (χ3v) is 7.69. The molecule has 0 saturated carbocycles. The van der Waals surface area contributed by atoms with Crippen LogP contribution in [0.2, 0.25) is 0 Å². The van der Waals surface area contributed by atoms with Crippen LogP contribution in [0.5, 0.6) is 0 Å². The number of halogens is 1. The Hall–Kier alpha value is -3.04. The summed E-state index contributed by atoms with van der Waals surface area (Å²) in [6.45, 7) is 0.906. The quantitative estimate of drug-likeness (QED) is 0.513. The molecular weight excluding hydrogens is 407 g/mol. The molecule has 2 aromatic carbocycles. The molecule has 1 aliphatic heterocycles. The largest absolute Gasteiger partial charge is 0.381 e. The van der Waals surface area contributed by atoms with Gasteiger partial charge in [-0.25, -0.2) is 12.8 Å². The average molecular weight is 426 g/mol. The van der Waals surface area contributed by atoms with Crippen molar-refractivity contribution in [3.05, 3.63) is 54.5 Å². The van der Waals surface area contributed by atoms with Gasteiger partial charge in [-0.1, -0.05) is 0 Å². The molecule has 0 atom stereocenters. The second-order valence-corrected chi connectivity index (χ2v) is 9.51. The topological polar surface area (TPSA) is 97.0 Å². The normalized spacial score (nSPS) is 15.6. The van der Waals surface area contributed by atoms with Crippen LogP contribution in [0.4, 0.5) is 15.9 Å². The van der Waals surface area contributed by atoms with Crippen molar-refractivity contribution in [2.24, 2.45) is 0 Å². The summed E-state index contributed by atoms with van der Waals surface area (Å²) >= 11 is 0. The molecule has 0 amide bonds. The Balaban J connectivity index is 1.57. The number of rotatable bonds is 4. The van der Waals surface area contributed by atoms with Crippen molar-refractivity contribution in [2.45, 2.75) is 23.0 Å². The number of nitrogens with one attached hydrogen (secondary N) is 2. The van der Waals surface area contributed by atoms with Crippen LogP contribution >= 0.6 is 0 Å². The summed E-state index contributed by atoms with van der Waals surface area (Å²) in [4.78, 5) is 4.60. The minimum absolute atomic E-state index is 0.260. The number of aromatic nitrogens is 3. The van der Waals surface area contributed by atoms with Crippen molar-refractivity contribution in [2.75, 3.05) is 18.5 Å². The second-order valence-electron chi connectivity index (χ2n) is 7.28. The monoisotopic (exact) mass is 426 g/mol. The summed E-state index contributed by atoms with van der Waals surface area (Å²) in [5, 5.41) is 11.1. The fourth-order valence-electron chi connectivity index (χ4n) is 3.80. The van der Waals surface area contributed by atoms with Crippen LogP contribution in [-0.4, -0.2) is 42.1 Å². The highest BCUT2D eigenvalue weighted by atomic mass is 32.2. The maximum absolute atomic E-state index is 13.7. The van der Waals surface area contributed by atoms with E-state index in [0.29, 0.717) is 59.4 Å². The summed E-state index contributed by atoms with van der Waals surface area (Å²) in [6, 6.07) is 11.1. The predicted octanol–water partition coefficient (Wildman–Crippen LogP) is 3.95. The van der Waals surface area contributed by atoms with Gasteiger partial charge in [0.05, 0.1) is 26.9 Å². The molecule has 0 spiro atoms. The van der Waals surface area contributed by atoms with Crippen LogP contribution in [0.1, 0.15) is 12.8 Å². The number of H-pyrrole nitrogens is 1. The molecule has 30 heavy (non-hydrogen) atoms. The maximum Gasteiger partial charge on any atom is 0.181 e. The molecule has 0 unspecified atom stereocenters. The average Bonchev–Trinajstić information content (AvgIpc) is 3.16. The number of sulfone groups is 1. The Morgan fingerprint density at radius 1 is 1.07 bits per heavy atom. The smallest absolute Gasteiger partial charge is 0.181 e. The first-order chi connectivity index (χ1) is 14.5. The van der Waals surface area contributed by atoms with E-state index in [4.69, 9.17) is 4.74 Å². The number of pyridine rings is 1. The first kappa shape index (κ1) is 19.0. The number of fused-ring (bicyclic) bond motifs is 2. The molecule has 1 aliphatic rings. The lowest BCUT2D eigenvalue weighted by atomic mass is 10.2. The Kier molecular flexibility index (Phi) is 4.63. The van der Waals surface area contributed by atoms with E-state index < -0.39 is 15.1 Å². The van der Waals surface area contributed by atoms with Crippen LogP contribution in [-0.2, 0) is 14.6 Å². The fourth-order valence-corrected chi connectivity index (χ4v) is 5.54. The van der Waals surface area contributed by atoms with Crippen LogP contribution in [0.3, 0.4) is 0 Å². The molecule has 7 nitrogen and oxygen atoms in total. The molecule has 9 heteroatoms. The molecular formula is C21H19FN4O3S. The lowest BCUT2D eigenvalue weighted by Crippen LogP contribution is -2.28. The first-order valence-corrected chi connectivity index (χ1v) is 11.2. The summed E-state index contributed by atoms with van der Waals surface area (Å²) in [7, 11) is -3.48. The van der Waals surface area contributed by atoms with Crippen LogP contribution in [0, 0.1) is 5.82 Å². The number of hydrogen-bond donors (Lipinski definition) is 2. The van der Waals surface area contributed by atoms with Gasteiger partial charge in [0.1, 0.15) is 5.82 Å². The molecule has 0 radical (unpaired) electrons. The van der Waals surface area contributed by atoms with Gasteiger partial charge in [-0.2, -0.15) is 5.10 Å². The van der Waals surface area contributed by atoms with E-state index >= 15 is 0 Å². The second kappa shape index (κ2) is 7.33. The van der Waals surface area contributed by atoms with Crippen molar-refractivity contribution in [1.82, 2.24) is 15.2 Å². The lowest BCUT2D eigenvalue weighted by molar-refractivity contribution is 0.0983. The van der Waals surface area contributed by atoms with Crippen molar-refractivity contribution in [3.63, 3.8) is 0 Å². The first-order valence-electron chi connectivity index (χ1n) is 9.63. The summed E-state index contributed by atoms with van der Waals surface area (Å²) in [5.74, 6) is 0.0890. The number of ether oxygens (including phenoxy) is 1. The summed E-state index contributed by atoms with van der Waals surface area (Å²) < 4.78 is 45.2. The molecule has 0 bridgehead atoms. The van der Waals surface area contributed by atoms with E-state index in [-0.39, 0.29) is 10.7 Å². The molecule has 2 N–H and O–H groups in total. The van der Waals surface area contributed by atoms with Gasteiger partial charge in [-0.3, -0.25) is 10.1 Å². The standard InChI is InChI=1S/C21H19FN4O3S/c22-13-1-3-20-17(11-13)21(26-25-20)24-19-5-8-23-18-4-2-15(12-16(18)19)30(27,28)14-6-9-29-10-7-14/h1-5,8,11-12,14H,6-7,9-10H2,(H2,23,24,25,26). The van der Waals surface area contributed by atoms with Crippen molar-refractivity contribution in [1.29, 1.82) is 0 Å². The van der Waals surface area contributed by atoms with E-state index in [0.717, 1.165) is 0 Å². The third kappa shape index (κ3) is 3.29. The van der Waals surface area contributed by atoms with Crippen LogP contribution in [0.25, 0.3) is 21.8 Å². The van der Waals surface area contributed by atoms with Crippen molar-refractivity contribution < 1.29 is 17.5 Å². The minimum Gasteiger partial charge on any atom is -0.381 e. The van der Waals surface area contributed by atoms with E-state index in [9.17, 15) is 12.8 Å². The highest BCUT2D eigenvalue weighted by molar-refractivity contribution is 7.92. The predicted molar refractivity (Wildman–Crippen MR) is 112 cm³/mol. The number of aromatic amines is 1. The Morgan fingerprint density at radius 2 is 1.90 bits per heavy atom. The van der Waals surface area contributed by atoms with E-state index in [1.807, 2.05) is 0 Å². The molecule has 2 aromatic heterocycles. The van der Waals surface area contributed by atoms with E-state index in [1.165, 1.54) is 12.1 Å². The third-order valence-electron chi connectivity index (χ3n) is 5.43. The van der Waals surface area contributed by atoms with E-state index in [1.54, 1.807) is 36.5 Å². The molecule has 154 valence electrons. The number of benzene rings is 2. The SMILES string of the molecule is O=S(=O)(c1ccc2nccc(Nc3n[nH]c4ccc(F)cc34)c2c1)C1CCOCC1. The Bertz CT molecular complexity index is 1350. The van der Waals surface area contributed by atoms with Gasteiger partial charge in [0.25, 0.3) is 0 Å². The van der Waals surface area contributed by atoms with Crippen LogP contribution < -0.4 is 5.32 Å². The highest BCUT2D eigenvalue weighted by Gasteiger charge is 2.29. The molecule has 5 rings (SSSR count). The molecule has 3 heterocycles. The van der Waals surface area contributed by atoms with Gasteiger partial charge >= 0.3 is 0 Å². The maximum atomic E-state index is 13.7. The zero-order valence-corrected chi connectivity index (χ0v) is 16.7. The van der Waals surface area contributed by atoms with Gasteiger partial charge in [0.15, 0.2) is 15.7 Å². The van der Waals surface area contributed by atoms with Crippen molar-refractivity contribution in [3.8, 4) is 0 Å². The number of hydrogen-bond acceptors (Lipinski definition) is 6. The fraction of sp³-hybridized carbons (Fsp3) is 0.238. The number of nitrogens with zero attached hydrogens (tertiary/aromatic N) is 2. The summed E-state index contributed by atoms with van der Waals surface area (Å²) in [5.41, 5.74) is 1.98.